The number of hydrogen-bond acceptors (Lipinski definition) is 4. The molecule has 5 nitrogen and oxygen atoms in total. The van der Waals surface area contributed by atoms with E-state index in [2.05, 4.69) is 11.4 Å². The van der Waals surface area contributed by atoms with Gasteiger partial charge in [0, 0.05) is 25.3 Å². The van der Waals surface area contributed by atoms with Gasteiger partial charge in [-0.1, -0.05) is 48.5 Å². The molecule has 1 aliphatic heterocycles. The molecule has 1 aliphatic rings. The van der Waals surface area contributed by atoms with E-state index in [1.807, 2.05) is 59.5 Å². The van der Waals surface area contributed by atoms with Crippen molar-refractivity contribution in [3.63, 3.8) is 0 Å². The summed E-state index contributed by atoms with van der Waals surface area (Å²) in [5.74, 6) is 1.09. The van der Waals surface area contributed by atoms with Gasteiger partial charge in [0.05, 0.1) is 18.4 Å². The maximum atomic E-state index is 13.3. The van der Waals surface area contributed by atoms with Crippen molar-refractivity contribution in [1.82, 2.24) is 0 Å². The molecular weight excluding hydrogens is 364 g/mol. The third-order valence-corrected chi connectivity index (χ3v) is 5.17. The number of nitrogens with zero attached hydrogens (tertiary/aromatic N) is 1. The van der Waals surface area contributed by atoms with E-state index in [0.717, 1.165) is 17.7 Å². The van der Waals surface area contributed by atoms with Crippen LogP contribution in [0.15, 0.2) is 66.7 Å². The molecule has 1 heterocycles. The molecule has 3 aromatic carbocycles. The van der Waals surface area contributed by atoms with E-state index in [1.54, 1.807) is 20.2 Å². The number of anilines is 2. The van der Waals surface area contributed by atoms with E-state index in [9.17, 15) is 4.79 Å². The standard InChI is InChI=1S/C24H24N2O3/c1-25-20-15-23(29-16-17-8-4-3-5-9-17)22(28-2)14-19(20)24(27)26-13-12-18-10-6-7-11-21(18)26/h3-11,14-15,25H,12-13,16H2,1-2H3. The van der Waals surface area contributed by atoms with Crippen LogP contribution in [0.5, 0.6) is 11.5 Å². The molecule has 0 unspecified atom stereocenters. The molecule has 3 aromatic rings. The number of amides is 1. The van der Waals surface area contributed by atoms with Gasteiger partial charge >= 0.3 is 0 Å². The van der Waals surface area contributed by atoms with Crippen LogP contribution >= 0.6 is 0 Å². The lowest BCUT2D eigenvalue weighted by atomic mass is 10.1. The highest BCUT2D eigenvalue weighted by Gasteiger charge is 2.27. The molecule has 5 heteroatoms. The predicted molar refractivity (Wildman–Crippen MR) is 115 cm³/mol. The number of para-hydroxylation sites is 1. The Balaban J connectivity index is 1.63. The molecule has 4 rings (SSSR count). The number of benzene rings is 3. The molecule has 0 fully saturated rings. The number of fused-ring (bicyclic) bond motifs is 1. The van der Waals surface area contributed by atoms with Crippen LogP contribution in [0, 0.1) is 0 Å². The number of rotatable bonds is 6. The molecule has 148 valence electrons. The lowest BCUT2D eigenvalue weighted by Gasteiger charge is -2.21. The molecule has 29 heavy (non-hydrogen) atoms. The van der Waals surface area contributed by atoms with Crippen molar-refractivity contribution < 1.29 is 14.3 Å². The van der Waals surface area contributed by atoms with Crippen molar-refractivity contribution in [2.45, 2.75) is 13.0 Å². The molecule has 0 saturated carbocycles. The monoisotopic (exact) mass is 388 g/mol. The second-order valence-corrected chi connectivity index (χ2v) is 6.91. The highest BCUT2D eigenvalue weighted by Crippen LogP contribution is 2.36. The summed E-state index contributed by atoms with van der Waals surface area (Å²) in [7, 11) is 3.39. The van der Waals surface area contributed by atoms with Gasteiger partial charge in [0.25, 0.3) is 5.91 Å². The average molecular weight is 388 g/mol. The van der Waals surface area contributed by atoms with Crippen molar-refractivity contribution in [2.75, 3.05) is 30.9 Å². The predicted octanol–water partition coefficient (Wildman–Crippen LogP) is 4.52. The Morgan fingerprint density at radius 2 is 1.79 bits per heavy atom. The molecule has 0 radical (unpaired) electrons. The summed E-state index contributed by atoms with van der Waals surface area (Å²) in [6, 6.07) is 21.6. The normalized spacial score (nSPS) is 12.4. The Morgan fingerprint density at radius 3 is 2.55 bits per heavy atom. The smallest absolute Gasteiger partial charge is 0.260 e. The molecule has 0 aliphatic carbocycles. The van der Waals surface area contributed by atoms with Crippen molar-refractivity contribution in [3.05, 3.63) is 83.4 Å². The molecule has 0 saturated heterocycles. The van der Waals surface area contributed by atoms with Gasteiger partial charge in [0.2, 0.25) is 0 Å². The van der Waals surface area contributed by atoms with E-state index in [0.29, 0.717) is 35.9 Å². The van der Waals surface area contributed by atoms with Crippen molar-refractivity contribution in [3.8, 4) is 11.5 Å². The first-order valence-corrected chi connectivity index (χ1v) is 9.67. The summed E-state index contributed by atoms with van der Waals surface area (Å²) in [6.07, 6.45) is 0.867. The van der Waals surface area contributed by atoms with Crippen LogP contribution in [0.25, 0.3) is 0 Å². The third kappa shape index (κ3) is 3.76. The fourth-order valence-electron chi connectivity index (χ4n) is 3.65. The van der Waals surface area contributed by atoms with Crippen LogP contribution in [-0.4, -0.2) is 26.6 Å². The molecule has 0 spiro atoms. The Kier molecular flexibility index (Phi) is 5.38. The Bertz CT molecular complexity index is 1020. The quantitative estimate of drug-likeness (QED) is 0.675. The van der Waals surface area contributed by atoms with Crippen LogP contribution in [0.1, 0.15) is 21.5 Å². The van der Waals surface area contributed by atoms with Gasteiger partial charge in [-0.2, -0.15) is 0 Å². The first-order chi connectivity index (χ1) is 14.2. The summed E-state index contributed by atoms with van der Waals surface area (Å²) < 4.78 is 11.5. The summed E-state index contributed by atoms with van der Waals surface area (Å²) >= 11 is 0. The molecule has 0 aromatic heterocycles. The topological polar surface area (TPSA) is 50.8 Å². The summed E-state index contributed by atoms with van der Waals surface area (Å²) in [5.41, 5.74) is 4.51. The van der Waals surface area contributed by atoms with Gasteiger partial charge in [-0.3, -0.25) is 4.79 Å². The van der Waals surface area contributed by atoms with Crippen LogP contribution in [0.2, 0.25) is 0 Å². The Morgan fingerprint density at radius 1 is 1.03 bits per heavy atom. The minimum atomic E-state index is -0.0489. The largest absolute Gasteiger partial charge is 0.493 e. The lowest BCUT2D eigenvalue weighted by molar-refractivity contribution is 0.0989. The zero-order chi connectivity index (χ0) is 20.2. The number of hydrogen-bond donors (Lipinski definition) is 1. The minimum Gasteiger partial charge on any atom is -0.493 e. The van der Waals surface area contributed by atoms with E-state index in [-0.39, 0.29) is 5.91 Å². The fraction of sp³-hybridized carbons (Fsp3) is 0.208. The molecule has 1 N–H and O–H groups in total. The first kappa shape index (κ1) is 18.9. The Labute approximate surface area is 170 Å². The van der Waals surface area contributed by atoms with E-state index in [1.165, 1.54) is 5.56 Å². The maximum absolute atomic E-state index is 13.3. The van der Waals surface area contributed by atoms with Crippen LogP contribution in [0.4, 0.5) is 11.4 Å². The average Bonchev–Trinajstić information content (AvgIpc) is 3.21. The highest BCUT2D eigenvalue weighted by molar-refractivity contribution is 6.11. The van der Waals surface area contributed by atoms with Crippen LogP contribution in [0.3, 0.4) is 0 Å². The number of carbonyl (C=O) groups excluding carboxylic acids is 1. The fourth-order valence-corrected chi connectivity index (χ4v) is 3.65. The van der Waals surface area contributed by atoms with E-state index >= 15 is 0 Å². The molecule has 0 bridgehead atoms. The molecule has 1 amide bonds. The van der Waals surface area contributed by atoms with E-state index in [4.69, 9.17) is 9.47 Å². The van der Waals surface area contributed by atoms with Crippen molar-refractivity contribution in [1.29, 1.82) is 0 Å². The SMILES string of the molecule is CNc1cc(OCc2ccccc2)c(OC)cc1C(=O)N1CCc2ccccc21. The zero-order valence-electron chi connectivity index (χ0n) is 16.6. The summed E-state index contributed by atoms with van der Waals surface area (Å²) in [4.78, 5) is 15.2. The van der Waals surface area contributed by atoms with Gasteiger partial charge in [0.15, 0.2) is 11.5 Å². The number of methoxy groups -OCH3 is 1. The second kappa shape index (κ2) is 8.27. The second-order valence-electron chi connectivity index (χ2n) is 6.91. The lowest BCUT2D eigenvalue weighted by Crippen LogP contribution is -2.29. The highest BCUT2D eigenvalue weighted by atomic mass is 16.5. The Hall–Kier alpha value is -3.47. The van der Waals surface area contributed by atoms with Crippen LogP contribution in [-0.2, 0) is 13.0 Å². The number of carbonyl (C=O) groups is 1. The van der Waals surface area contributed by atoms with Gasteiger partial charge < -0.3 is 19.7 Å². The maximum Gasteiger partial charge on any atom is 0.260 e. The summed E-state index contributed by atoms with van der Waals surface area (Å²) in [6.45, 7) is 1.10. The van der Waals surface area contributed by atoms with Crippen molar-refractivity contribution >= 4 is 17.3 Å². The van der Waals surface area contributed by atoms with Gasteiger partial charge in [-0.15, -0.1) is 0 Å². The number of nitrogens with one attached hydrogen (secondary N) is 1. The van der Waals surface area contributed by atoms with E-state index < -0.39 is 0 Å². The first-order valence-electron chi connectivity index (χ1n) is 9.67. The van der Waals surface area contributed by atoms with Gasteiger partial charge in [-0.25, -0.2) is 0 Å². The van der Waals surface area contributed by atoms with Crippen LogP contribution < -0.4 is 19.7 Å². The number of ether oxygens (including phenoxy) is 2. The van der Waals surface area contributed by atoms with Crippen molar-refractivity contribution in [2.24, 2.45) is 0 Å². The summed E-state index contributed by atoms with van der Waals surface area (Å²) in [5, 5.41) is 3.13. The zero-order valence-corrected chi connectivity index (χ0v) is 16.6. The minimum absolute atomic E-state index is 0.0489. The van der Waals surface area contributed by atoms with Gasteiger partial charge in [0.1, 0.15) is 6.61 Å². The molecular formula is C24H24N2O3. The molecule has 0 atom stereocenters. The van der Waals surface area contributed by atoms with Gasteiger partial charge in [-0.05, 0) is 29.7 Å². The third-order valence-electron chi connectivity index (χ3n) is 5.17.